The summed E-state index contributed by atoms with van der Waals surface area (Å²) >= 11 is 0. The van der Waals surface area contributed by atoms with Crippen molar-refractivity contribution in [2.45, 2.75) is 46.0 Å². The Labute approximate surface area is 196 Å². The number of hydrogen-bond acceptors (Lipinski definition) is 3. The van der Waals surface area contributed by atoms with E-state index in [4.69, 9.17) is 4.74 Å². The molecule has 3 aromatic carbocycles. The molecule has 170 valence electrons. The molecule has 4 nitrogen and oxygen atoms in total. The largest absolute Gasteiger partial charge is 0.466 e. The van der Waals surface area contributed by atoms with E-state index in [0.29, 0.717) is 32.4 Å². The van der Waals surface area contributed by atoms with Gasteiger partial charge in [0.25, 0.3) is 0 Å². The van der Waals surface area contributed by atoms with Crippen molar-refractivity contribution in [3.8, 4) is 11.1 Å². The van der Waals surface area contributed by atoms with Gasteiger partial charge in [0.1, 0.15) is 0 Å². The molecule has 0 atom stereocenters. The average molecular weight is 442 g/mol. The van der Waals surface area contributed by atoms with Crippen LogP contribution in [0.4, 0.5) is 0 Å². The fraction of sp³-hybridized carbons (Fsp3) is 0.310. The van der Waals surface area contributed by atoms with Gasteiger partial charge in [0, 0.05) is 13.0 Å². The fourth-order valence-corrected chi connectivity index (χ4v) is 4.56. The Bertz CT molecular complexity index is 1150. The van der Waals surface area contributed by atoms with Gasteiger partial charge in [-0.15, -0.1) is 0 Å². The van der Waals surface area contributed by atoms with Gasteiger partial charge in [-0.25, -0.2) is 0 Å². The zero-order chi connectivity index (χ0) is 23.2. The number of carbonyl (C=O) groups excluding carboxylic acids is 2. The predicted octanol–water partition coefficient (Wildman–Crippen LogP) is 4.96. The highest BCUT2D eigenvalue weighted by Gasteiger charge is 2.22. The summed E-state index contributed by atoms with van der Waals surface area (Å²) in [4.78, 5) is 24.2. The van der Waals surface area contributed by atoms with Crippen LogP contribution in [0.25, 0.3) is 11.1 Å². The molecular formula is C29H31NO3. The minimum atomic E-state index is -0.160. The van der Waals surface area contributed by atoms with Crippen LogP contribution in [0.3, 0.4) is 0 Å². The lowest BCUT2D eigenvalue weighted by molar-refractivity contribution is -0.143. The molecule has 1 N–H and O–H groups in total. The third-order valence-corrected chi connectivity index (χ3v) is 6.19. The Kier molecular flexibility index (Phi) is 7.23. The van der Waals surface area contributed by atoms with E-state index in [1.165, 1.54) is 33.4 Å². The second-order valence-corrected chi connectivity index (χ2v) is 8.68. The molecule has 0 saturated heterocycles. The summed E-state index contributed by atoms with van der Waals surface area (Å²) in [6.07, 6.45) is 3.17. The minimum absolute atomic E-state index is 0.0600. The summed E-state index contributed by atoms with van der Waals surface area (Å²) < 4.78 is 4.97. The third kappa shape index (κ3) is 5.70. The summed E-state index contributed by atoms with van der Waals surface area (Å²) in [6.45, 7) is 4.94. The van der Waals surface area contributed by atoms with Crippen LogP contribution in [0.1, 0.15) is 46.7 Å². The van der Waals surface area contributed by atoms with Gasteiger partial charge in [0.15, 0.2) is 0 Å². The van der Waals surface area contributed by atoms with E-state index >= 15 is 0 Å². The van der Waals surface area contributed by atoms with Gasteiger partial charge in [0.2, 0.25) is 5.91 Å². The minimum Gasteiger partial charge on any atom is -0.466 e. The standard InChI is InChI=1S/C29H31NO3/c1-3-33-29(32)13-12-21-8-10-22(11-9-21)14-15-30-28(31)19-24-16-20(2)17-27-25-7-5-4-6-23(25)18-26(24)27/h4-11,16-17H,3,12-15,18-19H2,1-2H3,(H,30,31). The molecular weight excluding hydrogens is 410 g/mol. The normalized spacial score (nSPS) is 11.6. The Morgan fingerprint density at radius 2 is 1.67 bits per heavy atom. The van der Waals surface area contributed by atoms with E-state index in [-0.39, 0.29) is 11.9 Å². The van der Waals surface area contributed by atoms with Gasteiger partial charge in [0.05, 0.1) is 13.0 Å². The molecule has 0 bridgehead atoms. The molecule has 0 aromatic heterocycles. The van der Waals surface area contributed by atoms with Gasteiger partial charge < -0.3 is 10.1 Å². The van der Waals surface area contributed by atoms with Crippen molar-refractivity contribution in [3.05, 3.63) is 94.0 Å². The highest BCUT2D eigenvalue weighted by atomic mass is 16.5. The predicted molar refractivity (Wildman–Crippen MR) is 131 cm³/mol. The van der Waals surface area contributed by atoms with Gasteiger partial charge in [-0.1, -0.05) is 66.2 Å². The van der Waals surface area contributed by atoms with Crippen LogP contribution >= 0.6 is 0 Å². The van der Waals surface area contributed by atoms with Crippen LogP contribution in [0.5, 0.6) is 0 Å². The van der Waals surface area contributed by atoms with Crippen molar-refractivity contribution in [2.75, 3.05) is 13.2 Å². The van der Waals surface area contributed by atoms with Crippen LogP contribution in [0.15, 0.2) is 60.7 Å². The molecule has 0 fully saturated rings. The monoisotopic (exact) mass is 441 g/mol. The third-order valence-electron chi connectivity index (χ3n) is 6.19. The van der Waals surface area contributed by atoms with Crippen molar-refractivity contribution in [2.24, 2.45) is 0 Å². The second-order valence-electron chi connectivity index (χ2n) is 8.68. The number of hydrogen-bond donors (Lipinski definition) is 1. The average Bonchev–Trinajstić information content (AvgIpc) is 3.18. The van der Waals surface area contributed by atoms with Gasteiger partial charge in [-0.3, -0.25) is 9.59 Å². The number of aryl methyl sites for hydroxylation is 2. The molecule has 1 aliphatic carbocycles. The van der Waals surface area contributed by atoms with Gasteiger partial charge >= 0.3 is 5.97 Å². The van der Waals surface area contributed by atoms with E-state index in [9.17, 15) is 9.59 Å². The first-order valence-electron chi connectivity index (χ1n) is 11.7. The molecule has 1 aliphatic rings. The van der Waals surface area contributed by atoms with Crippen LogP contribution in [0, 0.1) is 6.92 Å². The molecule has 1 amide bonds. The van der Waals surface area contributed by atoms with Gasteiger partial charge in [-0.05, 0) is 72.1 Å². The first kappa shape index (κ1) is 22.8. The number of fused-ring (bicyclic) bond motifs is 3. The Morgan fingerprint density at radius 1 is 0.939 bits per heavy atom. The lowest BCUT2D eigenvalue weighted by Crippen LogP contribution is -2.27. The number of esters is 1. The Hall–Kier alpha value is -3.40. The Morgan fingerprint density at radius 3 is 2.42 bits per heavy atom. The van der Waals surface area contributed by atoms with E-state index in [0.717, 1.165) is 24.0 Å². The molecule has 4 heteroatoms. The van der Waals surface area contributed by atoms with E-state index in [1.807, 2.05) is 19.1 Å². The molecule has 0 saturated carbocycles. The molecule has 0 unspecified atom stereocenters. The number of carbonyl (C=O) groups is 2. The van der Waals surface area contributed by atoms with Gasteiger partial charge in [-0.2, -0.15) is 0 Å². The summed E-state index contributed by atoms with van der Waals surface area (Å²) in [5, 5.41) is 3.08. The van der Waals surface area contributed by atoms with Crippen LogP contribution in [0.2, 0.25) is 0 Å². The quantitative estimate of drug-likeness (QED) is 0.374. The number of ether oxygens (including phenoxy) is 1. The molecule has 0 aliphatic heterocycles. The number of rotatable bonds is 9. The SMILES string of the molecule is CCOC(=O)CCc1ccc(CCNC(=O)Cc2cc(C)cc3c2Cc2ccccc2-3)cc1. The van der Waals surface area contributed by atoms with Crippen molar-refractivity contribution < 1.29 is 14.3 Å². The lowest BCUT2D eigenvalue weighted by Gasteiger charge is -2.11. The van der Waals surface area contributed by atoms with E-state index in [2.05, 4.69) is 60.8 Å². The van der Waals surface area contributed by atoms with Crippen LogP contribution in [-0.2, 0) is 40.0 Å². The van der Waals surface area contributed by atoms with E-state index in [1.54, 1.807) is 0 Å². The van der Waals surface area contributed by atoms with E-state index < -0.39 is 0 Å². The van der Waals surface area contributed by atoms with Crippen molar-refractivity contribution in [1.29, 1.82) is 0 Å². The molecule has 0 radical (unpaired) electrons. The maximum Gasteiger partial charge on any atom is 0.306 e. The summed E-state index contributed by atoms with van der Waals surface area (Å²) in [5.74, 6) is -0.0998. The fourth-order valence-electron chi connectivity index (χ4n) is 4.56. The number of benzene rings is 3. The number of nitrogens with one attached hydrogen (secondary N) is 1. The maximum atomic E-state index is 12.7. The zero-order valence-corrected chi connectivity index (χ0v) is 19.4. The molecule has 4 rings (SSSR count). The summed E-state index contributed by atoms with van der Waals surface area (Å²) in [5.41, 5.74) is 9.80. The second kappa shape index (κ2) is 10.5. The molecule has 33 heavy (non-hydrogen) atoms. The summed E-state index contributed by atoms with van der Waals surface area (Å²) in [6, 6.07) is 21.1. The first-order valence-corrected chi connectivity index (χ1v) is 11.7. The topological polar surface area (TPSA) is 55.4 Å². The van der Waals surface area contributed by atoms with Crippen molar-refractivity contribution in [1.82, 2.24) is 5.32 Å². The first-order chi connectivity index (χ1) is 16.0. The zero-order valence-electron chi connectivity index (χ0n) is 19.4. The smallest absolute Gasteiger partial charge is 0.306 e. The lowest BCUT2D eigenvalue weighted by atomic mass is 9.96. The molecule has 0 heterocycles. The van der Waals surface area contributed by atoms with Crippen LogP contribution < -0.4 is 5.32 Å². The highest BCUT2D eigenvalue weighted by Crippen LogP contribution is 2.39. The van der Waals surface area contributed by atoms with Crippen molar-refractivity contribution in [3.63, 3.8) is 0 Å². The highest BCUT2D eigenvalue weighted by molar-refractivity contribution is 5.83. The Balaban J connectivity index is 1.29. The number of amides is 1. The summed E-state index contributed by atoms with van der Waals surface area (Å²) in [7, 11) is 0. The van der Waals surface area contributed by atoms with Crippen LogP contribution in [-0.4, -0.2) is 25.0 Å². The maximum absolute atomic E-state index is 12.7. The van der Waals surface area contributed by atoms with Crippen molar-refractivity contribution >= 4 is 11.9 Å². The molecule has 3 aromatic rings. The molecule has 0 spiro atoms.